The van der Waals surface area contributed by atoms with Gasteiger partial charge in [-0.3, -0.25) is 4.79 Å². The van der Waals surface area contributed by atoms with E-state index < -0.39 is 0 Å². The van der Waals surface area contributed by atoms with Crippen molar-refractivity contribution in [2.75, 3.05) is 6.54 Å². The van der Waals surface area contributed by atoms with E-state index in [1.54, 1.807) is 0 Å². The summed E-state index contributed by atoms with van der Waals surface area (Å²) in [6.07, 6.45) is 6.50. The average Bonchev–Trinajstić information content (AvgIpc) is 2.18. The lowest BCUT2D eigenvalue weighted by atomic mass is 9.84. The van der Waals surface area contributed by atoms with Gasteiger partial charge in [0.2, 0.25) is 5.91 Å². The van der Waals surface area contributed by atoms with Crippen LogP contribution < -0.4 is 11.1 Å². The van der Waals surface area contributed by atoms with Crippen LogP contribution in [0.1, 0.15) is 45.4 Å². The Bertz CT molecular complexity index is 182. The Kier molecular flexibility index (Phi) is 4.94. The highest BCUT2D eigenvalue weighted by Gasteiger charge is 2.27. The number of carbonyl (C=O) groups excluding carboxylic acids is 1. The highest BCUT2D eigenvalue weighted by molar-refractivity contribution is 5.79. The van der Waals surface area contributed by atoms with E-state index in [0.717, 1.165) is 38.6 Å². The zero-order chi connectivity index (χ0) is 10.4. The van der Waals surface area contributed by atoms with Gasteiger partial charge >= 0.3 is 0 Å². The quantitative estimate of drug-likeness (QED) is 0.671. The molecule has 0 saturated heterocycles. The average molecular weight is 198 g/mol. The van der Waals surface area contributed by atoms with Crippen molar-refractivity contribution < 1.29 is 4.79 Å². The Morgan fingerprint density at radius 3 is 2.79 bits per heavy atom. The molecule has 1 saturated carbocycles. The van der Waals surface area contributed by atoms with Crippen LogP contribution in [-0.4, -0.2) is 18.5 Å². The Hall–Kier alpha value is -0.570. The van der Waals surface area contributed by atoms with Crippen LogP contribution >= 0.6 is 0 Å². The lowest BCUT2D eigenvalue weighted by molar-refractivity contribution is -0.126. The third kappa shape index (κ3) is 3.29. The van der Waals surface area contributed by atoms with Crippen LogP contribution in [0.2, 0.25) is 0 Å². The molecule has 1 aliphatic carbocycles. The van der Waals surface area contributed by atoms with Crippen LogP contribution in [0.15, 0.2) is 0 Å². The first-order valence-electron chi connectivity index (χ1n) is 5.79. The molecule has 0 aromatic carbocycles. The van der Waals surface area contributed by atoms with Crippen molar-refractivity contribution in [1.82, 2.24) is 5.32 Å². The SMILES string of the molecule is CCCCNC(=O)C1CCCCC1N. The van der Waals surface area contributed by atoms with Gasteiger partial charge in [0.05, 0.1) is 5.92 Å². The maximum absolute atomic E-state index is 11.7. The molecule has 82 valence electrons. The summed E-state index contributed by atoms with van der Waals surface area (Å²) in [6, 6.07) is 0.0883. The fraction of sp³-hybridized carbons (Fsp3) is 0.909. The molecule has 0 spiro atoms. The highest BCUT2D eigenvalue weighted by Crippen LogP contribution is 2.22. The number of unbranched alkanes of at least 4 members (excludes halogenated alkanes) is 1. The molecule has 0 aromatic rings. The van der Waals surface area contributed by atoms with Crippen LogP contribution in [0, 0.1) is 5.92 Å². The Morgan fingerprint density at radius 1 is 1.43 bits per heavy atom. The van der Waals surface area contributed by atoms with E-state index >= 15 is 0 Å². The molecule has 2 unspecified atom stereocenters. The fourth-order valence-electron chi connectivity index (χ4n) is 2.00. The number of carbonyl (C=O) groups is 1. The zero-order valence-corrected chi connectivity index (χ0v) is 9.09. The number of hydrogen-bond donors (Lipinski definition) is 2. The van der Waals surface area contributed by atoms with E-state index in [2.05, 4.69) is 12.2 Å². The van der Waals surface area contributed by atoms with Gasteiger partial charge in [0.15, 0.2) is 0 Å². The minimum atomic E-state index is 0.0700. The van der Waals surface area contributed by atoms with E-state index in [1.165, 1.54) is 6.42 Å². The summed E-state index contributed by atoms with van der Waals surface area (Å²) in [5.74, 6) is 0.242. The van der Waals surface area contributed by atoms with Crippen molar-refractivity contribution in [3.63, 3.8) is 0 Å². The Labute approximate surface area is 86.4 Å². The normalized spacial score (nSPS) is 27.3. The number of nitrogens with two attached hydrogens (primary N) is 1. The molecule has 3 nitrogen and oxygen atoms in total. The zero-order valence-electron chi connectivity index (χ0n) is 9.09. The second-order valence-corrected chi connectivity index (χ2v) is 4.20. The monoisotopic (exact) mass is 198 g/mol. The van der Waals surface area contributed by atoms with Gasteiger partial charge in [-0.25, -0.2) is 0 Å². The van der Waals surface area contributed by atoms with Gasteiger partial charge in [0, 0.05) is 12.6 Å². The highest BCUT2D eigenvalue weighted by atomic mass is 16.1. The molecule has 14 heavy (non-hydrogen) atoms. The van der Waals surface area contributed by atoms with Crippen molar-refractivity contribution >= 4 is 5.91 Å². The number of nitrogens with one attached hydrogen (secondary N) is 1. The molecule has 1 fully saturated rings. The maximum atomic E-state index is 11.7. The van der Waals surface area contributed by atoms with Crippen molar-refractivity contribution in [3.8, 4) is 0 Å². The summed E-state index contributed by atoms with van der Waals surface area (Å²) < 4.78 is 0. The molecule has 0 heterocycles. The molecule has 1 rings (SSSR count). The molecular formula is C11H22N2O. The summed E-state index contributed by atoms with van der Waals surface area (Å²) in [7, 11) is 0. The predicted octanol–water partition coefficient (Wildman–Crippen LogP) is 1.42. The van der Waals surface area contributed by atoms with E-state index in [4.69, 9.17) is 5.73 Å². The van der Waals surface area contributed by atoms with E-state index in [1.807, 2.05) is 0 Å². The summed E-state index contributed by atoms with van der Waals surface area (Å²) in [4.78, 5) is 11.7. The molecule has 0 bridgehead atoms. The van der Waals surface area contributed by atoms with Crippen LogP contribution in [0.3, 0.4) is 0 Å². The molecule has 0 aromatic heterocycles. The van der Waals surface area contributed by atoms with Crippen LogP contribution in [-0.2, 0) is 4.79 Å². The molecule has 0 radical (unpaired) electrons. The maximum Gasteiger partial charge on any atom is 0.224 e. The van der Waals surface area contributed by atoms with Crippen LogP contribution in [0.25, 0.3) is 0 Å². The number of rotatable bonds is 4. The molecule has 2 atom stereocenters. The summed E-state index contributed by atoms with van der Waals surface area (Å²) in [6.45, 7) is 2.93. The van der Waals surface area contributed by atoms with Gasteiger partial charge in [-0.1, -0.05) is 26.2 Å². The number of hydrogen-bond acceptors (Lipinski definition) is 2. The molecule has 0 aliphatic heterocycles. The Balaban J connectivity index is 2.27. The fourth-order valence-corrected chi connectivity index (χ4v) is 2.00. The molecule has 1 amide bonds. The molecule has 3 N–H and O–H groups in total. The first-order chi connectivity index (χ1) is 6.75. The van der Waals surface area contributed by atoms with Crippen LogP contribution in [0.4, 0.5) is 0 Å². The minimum absolute atomic E-state index is 0.0700. The van der Waals surface area contributed by atoms with Gasteiger partial charge in [-0.15, -0.1) is 0 Å². The van der Waals surface area contributed by atoms with Gasteiger partial charge in [0.25, 0.3) is 0 Å². The van der Waals surface area contributed by atoms with Crippen molar-refractivity contribution in [2.24, 2.45) is 11.7 Å². The first kappa shape index (κ1) is 11.5. The first-order valence-corrected chi connectivity index (χ1v) is 5.79. The second kappa shape index (κ2) is 6.02. The lowest BCUT2D eigenvalue weighted by Crippen LogP contribution is -2.43. The van der Waals surface area contributed by atoms with Crippen molar-refractivity contribution in [1.29, 1.82) is 0 Å². The van der Waals surface area contributed by atoms with E-state index in [-0.39, 0.29) is 17.9 Å². The summed E-state index contributed by atoms with van der Waals surface area (Å²) in [5, 5.41) is 2.96. The van der Waals surface area contributed by atoms with E-state index in [0.29, 0.717) is 0 Å². The Morgan fingerprint density at radius 2 is 2.14 bits per heavy atom. The van der Waals surface area contributed by atoms with E-state index in [9.17, 15) is 4.79 Å². The van der Waals surface area contributed by atoms with Gasteiger partial charge in [-0.2, -0.15) is 0 Å². The molecule has 3 heteroatoms. The third-order valence-electron chi connectivity index (χ3n) is 2.99. The topological polar surface area (TPSA) is 55.1 Å². The number of amides is 1. The largest absolute Gasteiger partial charge is 0.356 e. The van der Waals surface area contributed by atoms with Crippen molar-refractivity contribution in [3.05, 3.63) is 0 Å². The van der Waals surface area contributed by atoms with Gasteiger partial charge in [0.1, 0.15) is 0 Å². The summed E-state index contributed by atoms with van der Waals surface area (Å²) in [5.41, 5.74) is 5.92. The van der Waals surface area contributed by atoms with Crippen molar-refractivity contribution in [2.45, 2.75) is 51.5 Å². The second-order valence-electron chi connectivity index (χ2n) is 4.20. The predicted molar refractivity (Wildman–Crippen MR) is 57.9 cm³/mol. The van der Waals surface area contributed by atoms with Gasteiger partial charge in [-0.05, 0) is 19.3 Å². The van der Waals surface area contributed by atoms with Gasteiger partial charge < -0.3 is 11.1 Å². The smallest absolute Gasteiger partial charge is 0.224 e. The summed E-state index contributed by atoms with van der Waals surface area (Å²) >= 11 is 0. The van der Waals surface area contributed by atoms with Crippen LogP contribution in [0.5, 0.6) is 0 Å². The standard InChI is InChI=1S/C11H22N2O/c1-2-3-8-13-11(14)9-6-4-5-7-10(9)12/h9-10H,2-8,12H2,1H3,(H,13,14). The third-order valence-corrected chi connectivity index (χ3v) is 2.99. The lowest BCUT2D eigenvalue weighted by Gasteiger charge is -2.27. The minimum Gasteiger partial charge on any atom is -0.356 e. The molecule has 1 aliphatic rings. The molecular weight excluding hydrogens is 176 g/mol.